The number of nitrogens with one attached hydrogen (secondary N) is 1. The van der Waals surface area contributed by atoms with Crippen LogP contribution in [0.1, 0.15) is 23.8 Å². The molecule has 3 N–H and O–H groups in total. The monoisotopic (exact) mass is 301 g/mol. The SMILES string of the molecule is CC1CCc2c(sc3nc4ccc(NN)nn4c(=O)c23)C1. The molecule has 0 fully saturated rings. The fourth-order valence-electron chi connectivity index (χ4n) is 2.97. The Morgan fingerprint density at radius 1 is 1.48 bits per heavy atom. The Kier molecular flexibility index (Phi) is 2.73. The molecule has 7 heteroatoms. The summed E-state index contributed by atoms with van der Waals surface area (Å²) in [5.74, 6) is 6.49. The van der Waals surface area contributed by atoms with E-state index in [9.17, 15) is 4.79 Å². The van der Waals surface area contributed by atoms with Gasteiger partial charge in [-0.2, -0.15) is 4.52 Å². The fourth-order valence-corrected chi connectivity index (χ4v) is 4.35. The molecule has 0 amide bonds. The molecule has 1 aliphatic carbocycles. The van der Waals surface area contributed by atoms with Gasteiger partial charge in [0.25, 0.3) is 5.56 Å². The summed E-state index contributed by atoms with van der Waals surface area (Å²) in [7, 11) is 0. The van der Waals surface area contributed by atoms with Gasteiger partial charge in [0.1, 0.15) is 4.83 Å². The Hall–Kier alpha value is -1.99. The number of nitrogen functional groups attached to an aromatic ring is 1. The average molecular weight is 301 g/mol. The quantitative estimate of drug-likeness (QED) is 0.528. The van der Waals surface area contributed by atoms with E-state index in [0.717, 1.165) is 29.5 Å². The van der Waals surface area contributed by atoms with Crippen molar-refractivity contribution >= 4 is 33.0 Å². The van der Waals surface area contributed by atoms with Gasteiger partial charge in [0.2, 0.25) is 0 Å². The van der Waals surface area contributed by atoms with Gasteiger partial charge in [-0.25, -0.2) is 10.8 Å². The van der Waals surface area contributed by atoms with E-state index in [1.807, 2.05) is 0 Å². The molecule has 4 rings (SSSR count). The highest BCUT2D eigenvalue weighted by Crippen LogP contribution is 2.35. The fraction of sp³-hybridized carbons (Fsp3) is 0.357. The second kappa shape index (κ2) is 4.51. The van der Waals surface area contributed by atoms with E-state index in [0.29, 0.717) is 17.4 Å². The van der Waals surface area contributed by atoms with Crippen molar-refractivity contribution in [3.63, 3.8) is 0 Å². The van der Waals surface area contributed by atoms with E-state index in [1.54, 1.807) is 23.5 Å². The summed E-state index contributed by atoms with van der Waals surface area (Å²) in [4.78, 5) is 19.5. The first-order valence-corrected chi connectivity index (χ1v) is 7.80. The number of hydrazine groups is 1. The number of nitrogens with zero attached hydrogens (tertiary/aromatic N) is 3. The van der Waals surface area contributed by atoms with Crippen LogP contribution in [0.25, 0.3) is 15.9 Å². The summed E-state index contributed by atoms with van der Waals surface area (Å²) in [5.41, 5.74) is 4.09. The van der Waals surface area contributed by atoms with Crippen LogP contribution in [0.5, 0.6) is 0 Å². The normalized spacial score (nSPS) is 18.1. The molecule has 1 atom stereocenters. The first-order valence-electron chi connectivity index (χ1n) is 6.98. The zero-order valence-electron chi connectivity index (χ0n) is 11.6. The third-order valence-electron chi connectivity index (χ3n) is 4.08. The number of fused-ring (bicyclic) bond motifs is 4. The highest BCUT2D eigenvalue weighted by molar-refractivity contribution is 7.18. The maximum atomic E-state index is 12.8. The standard InChI is InChI=1S/C14H15N5OS/c1-7-2-3-8-9(6-7)21-13-12(8)14(20)19-11(16-13)5-4-10(17-15)18-19/h4-5,7H,2-3,6,15H2,1H3,(H,17,18). The molecule has 3 aromatic rings. The molecule has 0 saturated carbocycles. The molecule has 0 aromatic carbocycles. The van der Waals surface area contributed by atoms with Crippen LogP contribution in [0.3, 0.4) is 0 Å². The van der Waals surface area contributed by atoms with Gasteiger partial charge in [0.15, 0.2) is 11.5 Å². The van der Waals surface area contributed by atoms with Gasteiger partial charge in [0, 0.05) is 4.88 Å². The molecule has 21 heavy (non-hydrogen) atoms. The second-order valence-electron chi connectivity index (χ2n) is 5.58. The smallest absolute Gasteiger partial charge is 0.283 e. The van der Waals surface area contributed by atoms with E-state index in [-0.39, 0.29) is 5.56 Å². The lowest BCUT2D eigenvalue weighted by molar-refractivity contribution is 0.509. The minimum absolute atomic E-state index is 0.0980. The molecule has 108 valence electrons. The molecule has 0 bridgehead atoms. The molecule has 3 aromatic heterocycles. The van der Waals surface area contributed by atoms with Gasteiger partial charge < -0.3 is 5.43 Å². The van der Waals surface area contributed by atoms with Crippen molar-refractivity contribution in [1.29, 1.82) is 0 Å². The van der Waals surface area contributed by atoms with Crippen LogP contribution in [0, 0.1) is 5.92 Å². The maximum Gasteiger partial charge on any atom is 0.283 e. The molecule has 1 unspecified atom stereocenters. The molecule has 0 radical (unpaired) electrons. The Morgan fingerprint density at radius 3 is 3.14 bits per heavy atom. The van der Waals surface area contributed by atoms with E-state index in [1.165, 1.54) is 15.0 Å². The van der Waals surface area contributed by atoms with Crippen LogP contribution < -0.4 is 16.8 Å². The van der Waals surface area contributed by atoms with Gasteiger partial charge in [-0.1, -0.05) is 6.92 Å². The van der Waals surface area contributed by atoms with Crippen molar-refractivity contribution in [3.05, 3.63) is 32.9 Å². The first-order chi connectivity index (χ1) is 10.2. The van der Waals surface area contributed by atoms with Crippen LogP contribution >= 0.6 is 11.3 Å². The van der Waals surface area contributed by atoms with Crippen molar-refractivity contribution in [2.24, 2.45) is 11.8 Å². The van der Waals surface area contributed by atoms with Crippen LogP contribution in [0.2, 0.25) is 0 Å². The van der Waals surface area contributed by atoms with Crippen LogP contribution in [0.4, 0.5) is 5.82 Å². The van der Waals surface area contributed by atoms with Gasteiger partial charge in [-0.15, -0.1) is 16.4 Å². The molecule has 0 spiro atoms. The van der Waals surface area contributed by atoms with Gasteiger partial charge in [-0.3, -0.25) is 4.79 Å². The summed E-state index contributed by atoms with van der Waals surface area (Å²) in [6.07, 6.45) is 3.12. The summed E-state index contributed by atoms with van der Waals surface area (Å²) < 4.78 is 1.34. The van der Waals surface area contributed by atoms with Crippen molar-refractivity contribution in [1.82, 2.24) is 14.6 Å². The van der Waals surface area contributed by atoms with Crippen molar-refractivity contribution < 1.29 is 0 Å². The largest absolute Gasteiger partial charge is 0.307 e. The Morgan fingerprint density at radius 2 is 2.33 bits per heavy atom. The predicted molar refractivity (Wildman–Crippen MR) is 83.6 cm³/mol. The number of anilines is 1. The first kappa shape index (κ1) is 12.7. The minimum atomic E-state index is -0.0980. The Balaban J connectivity index is 2.08. The van der Waals surface area contributed by atoms with E-state index in [2.05, 4.69) is 22.4 Å². The Bertz CT molecular complexity index is 913. The number of aromatic nitrogens is 3. The zero-order valence-corrected chi connectivity index (χ0v) is 12.4. The zero-order chi connectivity index (χ0) is 14.6. The van der Waals surface area contributed by atoms with Crippen LogP contribution in [-0.2, 0) is 12.8 Å². The predicted octanol–water partition coefficient (Wildman–Crippen LogP) is 1.71. The lowest BCUT2D eigenvalue weighted by Gasteiger charge is -2.17. The van der Waals surface area contributed by atoms with E-state index in [4.69, 9.17) is 5.84 Å². The third-order valence-corrected chi connectivity index (χ3v) is 5.23. The highest BCUT2D eigenvalue weighted by Gasteiger charge is 2.23. The number of rotatable bonds is 1. The second-order valence-corrected chi connectivity index (χ2v) is 6.67. The van der Waals surface area contributed by atoms with E-state index >= 15 is 0 Å². The summed E-state index contributed by atoms with van der Waals surface area (Å²) in [6, 6.07) is 3.47. The van der Waals surface area contributed by atoms with Crippen molar-refractivity contribution in [2.45, 2.75) is 26.2 Å². The molecular formula is C14H15N5OS. The highest BCUT2D eigenvalue weighted by atomic mass is 32.1. The number of aryl methyl sites for hydroxylation is 1. The van der Waals surface area contributed by atoms with Crippen LogP contribution in [0.15, 0.2) is 16.9 Å². The lowest BCUT2D eigenvalue weighted by atomic mass is 9.89. The van der Waals surface area contributed by atoms with E-state index < -0.39 is 0 Å². The summed E-state index contributed by atoms with van der Waals surface area (Å²) in [5, 5.41) is 4.93. The topological polar surface area (TPSA) is 85.3 Å². The van der Waals surface area contributed by atoms with Crippen molar-refractivity contribution in [2.75, 3.05) is 5.43 Å². The molecule has 1 aliphatic rings. The molecule has 3 heterocycles. The molecule has 0 aliphatic heterocycles. The third kappa shape index (κ3) is 1.85. The minimum Gasteiger partial charge on any atom is -0.307 e. The van der Waals surface area contributed by atoms with Gasteiger partial charge >= 0.3 is 0 Å². The molecular weight excluding hydrogens is 286 g/mol. The number of thiophene rings is 1. The molecule has 0 saturated heterocycles. The van der Waals surface area contributed by atoms with Gasteiger partial charge in [-0.05, 0) is 42.9 Å². The van der Waals surface area contributed by atoms with Gasteiger partial charge in [0.05, 0.1) is 5.39 Å². The van der Waals surface area contributed by atoms with Crippen LogP contribution in [-0.4, -0.2) is 14.6 Å². The van der Waals surface area contributed by atoms with Crippen molar-refractivity contribution in [3.8, 4) is 0 Å². The average Bonchev–Trinajstić information content (AvgIpc) is 2.84. The summed E-state index contributed by atoms with van der Waals surface area (Å²) in [6.45, 7) is 2.25. The Labute approximate surface area is 124 Å². The number of nitrogens with two attached hydrogens (primary N) is 1. The maximum absolute atomic E-state index is 12.8. The number of hydrogen-bond acceptors (Lipinski definition) is 6. The lowest BCUT2D eigenvalue weighted by Crippen LogP contribution is -2.21. The number of hydrogen-bond donors (Lipinski definition) is 2. The summed E-state index contributed by atoms with van der Waals surface area (Å²) >= 11 is 1.65. The molecule has 6 nitrogen and oxygen atoms in total.